The van der Waals surface area contributed by atoms with Crippen LogP contribution in [-0.4, -0.2) is 13.3 Å². The van der Waals surface area contributed by atoms with Gasteiger partial charge in [-0.3, -0.25) is 4.79 Å². The molecule has 0 atom stereocenters. The molecule has 0 spiro atoms. The number of carbonyl (C=O) groups is 1. The molecule has 2 nitrogen and oxygen atoms in total. The van der Waals surface area contributed by atoms with Crippen LogP contribution in [0.4, 0.5) is 5.69 Å². The molecule has 18 heavy (non-hydrogen) atoms. The maximum absolute atomic E-state index is 10.8. The van der Waals surface area contributed by atoms with E-state index in [1.54, 1.807) is 11.3 Å². The van der Waals surface area contributed by atoms with E-state index in [1.165, 1.54) is 5.56 Å². The van der Waals surface area contributed by atoms with Crippen molar-refractivity contribution in [3.05, 3.63) is 49.0 Å². The first-order chi connectivity index (χ1) is 8.60. The number of rotatable bonds is 4. The second-order valence-electron chi connectivity index (χ2n) is 3.94. The summed E-state index contributed by atoms with van der Waals surface area (Å²) in [7, 11) is 2.04. The predicted molar refractivity (Wildman–Crippen MR) is 83.7 cm³/mol. The van der Waals surface area contributed by atoms with Gasteiger partial charge in [-0.05, 0) is 67.1 Å². The number of benzene rings is 1. The Bertz CT molecular complexity index is 568. The van der Waals surface area contributed by atoms with Crippen LogP contribution in [0.1, 0.15) is 15.9 Å². The number of hydrogen-bond donors (Lipinski definition) is 0. The van der Waals surface area contributed by atoms with Crippen molar-refractivity contribution in [2.24, 2.45) is 0 Å². The number of aldehydes is 1. The molecule has 0 aliphatic carbocycles. The highest BCUT2D eigenvalue weighted by atomic mass is 79.9. The lowest BCUT2D eigenvalue weighted by atomic mass is 10.2. The molecule has 1 heterocycles. The van der Waals surface area contributed by atoms with E-state index in [4.69, 9.17) is 0 Å². The molecule has 2 rings (SSSR count). The average Bonchev–Trinajstić information content (AvgIpc) is 2.74. The third kappa shape index (κ3) is 3.22. The van der Waals surface area contributed by atoms with Gasteiger partial charge in [-0.15, -0.1) is 11.3 Å². The summed E-state index contributed by atoms with van der Waals surface area (Å²) in [5.74, 6) is 0. The van der Waals surface area contributed by atoms with E-state index >= 15 is 0 Å². The Morgan fingerprint density at radius 2 is 2.11 bits per heavy atom. The van der Waals surface area contributed by atoms with Crippen molar-refractivity contribution in [3.63, 3.8) is 0 Å². The van der Waals surface area contributed by atoms with Gasteiger partial charge in [0.2, 0.25) is 0 Å². The molecule has 0 aliphatic heterocycles. The zero-order chi connectivity index (χ0) is 13.1. The van der Waals surface area contributed by atoms with Crippen LogP contribution in [0, 0.1) is 0 Å². The zero-order valence-corrected chi connectivity index (χ0v) is 13.7. The molecule has 0 saturated carbocycles. The molecule has 0 unspecified atom stereocenters. The third-order valence-electron chi connectivity index (χ3n) is 2.59. The predicted octanol–water partition coefficient (Wildman–Crippen LogP) is 4.72. The standard InChI is InChI=1S/C13H11Br2NOS/c1-16(6-9-4-13(15)18-8-9)11-3-2-10(7-17)12(14)5-11/h2-5,7-8H,6H2,1H3. The fourth-order valence-corrected chi connectivity index (χ4v) is 3.30. The summed E-state index contributed by atoms with van der Waals surface area (Å²) in [5.41, 5.74) is 3.02. The topological polar surface area (TPSA) is 20.3 Å². The van der Waals surface area contributed by atoms with Gasteiger partial charge >= 0.3 is 0 Å². The number of thiophene rings is 1. The SMILES string of the molecule is CN(Cc1csc(Br)c1)c1ccc(C=O)c(Br)c1. The summed E-state index contributed by atoms with van der Waals surface area (Å²) in [6, 6.07) is 7.86. The molecular weight excluding hydrogens is 378 g/mol. The van der Waals surface area contributed by atoms with E-state index in [2.05, 4.69) is 48.2 Å². The molecule has 0 saturated heterocycles. The Morgan fingerprint density at radius 1 is 1.33 bits per heavy atom. The Labute approximate surface area is 127 Å². The Kier molecular flexibility index (Phi) is 4.59. The van der Waals surface area contributed by atoms with Gasteiger partial charge in [0, 0.05) is 29.3 Å². The molecule has 0 bridgehead atoms. The van der Waals surface area contributed by atoms with Crippen LogP contribution in [0.25, 0.3) is 0 Å². The zero-order valence-electron chi connectivity index (χ0n) is 9.69. The lowest BCUT2D eigenvalue weighted by Gasteiger charge is -2.19. The van der Waals surface area contributed by atoms with E-state index in [9.17, 15) is 4.79 Å². The van der Waals surface area contributed by atoms with Gasteiger partial charge in [-0.1, -0.05) is 0 Å². The van der Waals surface area contributed by atoms with E-state index in [0.29, 0.717) is 5.56 Å². The molecule has 5 heteroatoms. The van der Waals surface area contributed by atoms with Crippen molar-refractivity contribution < 1.29 is 4.79 Å². The highest BCUT2D eigenvalue weighted by molar-refractivity contribution is 9.11. The Hall–Kier alpha value is -0.650. The summed E-state index contributed by atoms with van der Waals surface area (Å²) < 4.78 is 1.97. The van der Waals surface area contributed by atoms with Gasteiger partial charge in [-0.2, -0.15) is 0 Å². The summed E-state index contributed by atoms with van der Waals surface area (Å²) in [6.45, 7) is 0.842. The van der Waals surface area contributed by atoms with E-state index < -0.39 is 0 Å². The van der Waals surface area contributed by atoms with Crippen LogP contribution in [-0.2, 0) is 6.54 Å². The van der Waals surface area contributed by atoms with Crippen LogP contribution in [0.3, 0.4) is 0 Å². The van der Waals surface area contributed by atoms with E-state index in [0.717, 1.165) is 26.8 Å². The fourth-order valence-electron chi connectivity index (χ4n) is 1.64. The number of hydrogen-bond acceptors (Lipinski definition) is 3. The molecule has 0 amide bonds. The van der Waals surface area contributed by atoms with Gasteiger partial charge < -0.3 is 4.90 Å². The first-order valence-corrected chi connectivity index (χ1v) is 7.75. The molecule has 2 aromatic rings. The van der Waals surface area contributed by atoms with Crippen LogP contribution >= 0.6 is 43.2 Å². The maximum atomic E-state index is 10.8. The smallest absolute Gasteiger partial charge is 0.151 e. The summed E-state index contributed by atoms with van der Waals surface area (Å²) in [6.07, 6.45) is 0.851. The highest BCUT2D eigenvalue weighted by Gasteiger charge is 2.06. The normalized spacial score (nSPS) is 10.4. The largest absolute Gasteiger partial charge is 0.370 e. The minimum absolute atomic E-state index is 0.672. The minimum atomic E-state index is 0.672. The van der Waals surface area contributed by atoms with Crippen molar-refractivity contribution >= 4 is 55.2 Å². The van der Waals surface area contributed by atoms with Gasteiger partial charge in [0.25, 0.3) is 0 Å². The Morgan fingerprint density at radius 3 is 2.67 bits per heavy atom. The molecule has 0 N–H and O–H groups in total. The van der Waals surface area contributed by atoms with Crippen molar-refractivity contribution in [3.8, 4) is 0 Å². The molecule has 0 aliphatic rings. The quantitative estimate of drug-likeness (QED) is 0.706. The van der Waals surface area contributed by atoms with Crippen molar-refractivity contribution in [1.29, 1.82) is 0 Å². The summed E-state index contributed by atoms with van der Waals surface area (Å²) in [4.78, 5) is 12.9. The summed E-state index contributed by atoms with van der Waals surface area (Å²) >= 11 is 8.55. The summed E-state index contributed by atoms with van der Waals surface area (Å²) in [5, 5.41) is 2.13. The second-order valence-corrected chi connectivity index (χ2v) is 7.08. The third-order valence-corrected chi connectivity index (χ3v) is 4.83. The van der Waals surface area contributed by atoms with Crippen LogP contribution in [0.2, 0.25) is 0 Å². The number of carbonyl (C=O) groups excluding carboxylic acids is 1. The van der Waals surface area contributed by atoms with Gasteiger partial charge in [0.05, 0.1) is 3.79 Å². The number of halogens is 2. The number of anilines is 1. The molecule has 0 radical (unpaired) electrons. The minimum Gasteiger partial charge on any atom is -0.370 e. The first-order valence-electron chi connectivity index (χ1n) is 5.29. The van der Waals surface area contributed by atoms with E-state index in [1.807, 2.05) is 25.2 Å². The van der Waals surface area contributed by atoms with Gasteiger partial charge in [0.1, 0.15) is 0 Å². The van der Waals surface area contributed by atoms with Gasteiger partial charge in [0.15, 0.2) is 6.29 Å². The fraction of sp³-hybridized carbons (Fsp3) is 0.154. The average molecular weight is 389 g/mol. The first kappa shape index (κ1) is 13.8. The Balaban J connectivity index is 2.16. The van der Waals surface area contributed by atoms with Crippen LogP contribution in [0.15, 0.2) is 37.9 Å². The maximum Gasteiger partial charge on any atom is 0.151 e. The lowest BCUT2D eigenvalue weighted by molar-refractivity contribution is 0.112. The lowest BCUT2D eigenvalue weighted by Crippen LogP contribution is -2.15. The van der Waals surface area contributed by atoms with E-state index in [-0.39, 0.29) is 0 Å². The van der Waals surface area contributed by atoms with Crippen LogP contribution < -0.4 is 4.90 Å². The highest BCUT2D eigenvalue weighted by Crippen LogP contribution is 2.26. The molecule has 1 aromatic heterocycles. The molecule has 94 valence electrons. The van der Waals surface area contributed by atoms with Gasteiger partial charge in [-0.25, -0.2) is 0 Å². The second kappa shape index (κ2) is 5.99. The molecule has 0 fully saturated rings. The van der Waals surface area contributed by atoms with Crippen molar-refractivity contribution in [1.82, 2.24) is 0 Å². The monoisotopic (exact) mass is 387 g/mol. The molecule has 1 aromatic carbocycles. The van der Waals surface area contributed by atoms with Crippen molar-refractivity contribution in [2.45, 2.75) is 6.54 Å². The van der Waals surface area contributed by atoms with Crippen molar-refractivity contribution in [2.75, 3.05) is 11.9 Å². The number of nitrogens with zero attached hydrogens (tertiary/aromatic N) is 1. The molecular formula is C13H11Br2NOS. The van der Waals surface area contributed by atoms with Crippen LogP contribution in [0.5, 0.6) is 0 Å².